The second-order valence-corrected chi connectivity index (χ2v) is 6.78. The normalized spacial score (nSPS) is 27.1. The first-order valence-electron chi connectivity index (χ1n) is 6.82. The molecule has 1 N–H and O–H groups in total. The summed E-state index contributed by atoms with van der Waals surface area (Å²) in [7, 11) is 4.06. The van der Waals surface area contributed by atoms with Crippen molar-refractivity contribution in [3.63, 3.8) is 0 Å². The Morgan fingerprint density at radius 2 is 1.89 bits per heavy atom. The van der Waals surface area contributed by atoms with Gasteiger partial charge in [-0.15, -0.1) is 0 Å². The maximum Gasteiger partial charge on any atom is 0.317 e. The fraction of sp³-hybridized carbons (Fsp3) is 0.929. The highest BCUT2D eigenvalue weighted by Crippen LogP contribution is 2.43. The lowest BCUT2D eigenvalue weighted by Crippen LogP contribution is -2.44. The largest absolute Gasteiger partial charge is 0.480 e. The zero-order valence-corrected chi connectivity index (χ0v) is 12.4. The Balaban J connectivity index is 2.67. The maximum absolute atomic E-state index is 11.0. The van der Waals surface area contributed by atoms with E-state index in [-0.39, 0.29) is 6.54 Å². The summed E-state index contributed by atoms with van der Waals surface area (Å²) in [4.78, 5) is 15.3. The van der Waals surface area contributed by atoms with Crippen molar-refractivity contribution in [1.29, 1.82) is 0 Å². The molecule has 4 nitrogen and oxygen atoms in total. The highest BCUT2D eigenvalue weighted by Gasteiger charge is 2.39. The van der Waals surface area contributed by atoms with Gasteiger partial charge in [-0.25, -0.2) is 0 Å². The molecule has 0 heterocycles. The number of rotatable bonds is 6. The van der Waals surface area contributed by atoms with Crippen LogP contribution in [-0.2, 0) is 4.79 Å². The first-order valence-corrected chi connectivity index (χ1v) is 6.82. The van der Waals surface area contributed by atoms with Crippen LogP contribution in [0.2, 0.25) is 0 Å². The van der Waals surface area contributed by atoms with Gasteiger partial charge < -0.3 is 10.0 Å². The van der Waals surface area contributed by atoms with Crippen LogP contribution in [0.3, 0.4) is 0 Å². The molecule has 18 heavy (non-hydrogen) atoms. The third-order valence-electron chi connectivity index (χ3n) is 3.93. The van der Waals surface area contributed by atoms with Gasteiger partial charge in [0, 0.05) is 19.1 Å². The molecule has 0 saturated heterocycles. The maximum atomic E-state index is 11.0. The number of nitrogens with zero attached hydrogens (tertiary/aromatic N) is 2. The molecule has 0 spiro atoms. The summed E-state index contributed by atoms with van der Waals surface area (Å²) in [6.45, 7) is 8.74. The van der Waals surface area contributed by atoms with Gasteiger partial charge in [-0.1, -0.05) is 20.8 Å². The van der Waals surface area contributed by atoms with E-state index in [4.69, 9.17) is 5.11 Å². The van der Waals surface area contributed by atoms with Crippen LogP contribution in [0, 0.1) is 11.3 Å². The average molecular weight is 256 g/mol. The molecule has 0 aromatic heterocycles. The zero-order chi connectivity index (χ0) is 13.9. The zero-order valence-electron chi connectivity index (χ0n) is 12.4. The summed E-state index contributed by atoms with van der Waals surface area (Å²) in [6, 6.07) is 0.413. The molecule has 1 saturated carbocycles. The summed E-state index contributed by atoms with van der Waals surface area (Å²) < 4.78 is 0. The lowest BCUT2D eigenvalue weighted by Gasteiger charge is -2.31. The Labute approximate surface area is 111 Å². The Kier molecular flexibility index (Phi) is 5.17. The molecule has 2 atom stereocenters. The molecule has 0 amide bonds. The van der Waals surface area contributed by atoms with Crippen molar-refractivity contribution in [1.82, 2.24) is 9.80 Å². The van der Waals surface area contributed by atoms with Gasteiger partial charge in [0.2, 0.25) is 0 Å². The molecule has 1 aliphatic rings. The smallest absolute Gasteiger partial charge is 0.317 e. The number of hydrogen-bond donors (Lipinski definition) is 1. The number of carbonyl (C=O) groups is 1. The summed E-state index contributed by atoms with van der Waals surface area (Å²) >= 11 is 0. The monoisotopic (exact) mass is 256 g/mol. The summed E-state index contributed by atoms with van der Waals surface area (Å²) in [5.74, 6) is -0.132. The summed E-state index contributed by atoms with van der Waals surface area (Å²) in [5.41, 5.74) is 0.346. The Morgan fingerprint density at radius 1 is 1.28 bits per heavy atom. The van der Waals surface area contributed by atoms with Gasteiger partial charge in [0.15, 0.2) is 0 Å². The van der Waals surface area contributed by atoms with Crippen LogP contribution < -0.4 is 0 Å². The summed E-state index contributed by atoms with van der Waals surface area (Å²) in [5, 5.41) is 9.07. The number of aliphatic carboxylic acids is 1. The van der Waals surface area contributed by atoms with E-state index in [2.05, 4.69) is 30.6 Å². The highest BCUT2D eigenvalue weighted by atomic mass is 16.4. The molecule has 0 radical (unpaired) electrons. The van der Waals surface area contributed by atoms with E-state index in [0.29, 0.717) is 17.4 Å². The number of carboxylic acids is 1. The van der Waals surface area contributed by atoms with Gasteiger partial charge >= 0.3 is 5.97 Å². The van der Waals surface area contributed by atoms with Gasteiger partial charge in [0.1, 0.15) is 0 Å². The van der Waals surface area contributed by atoms with Crippen molar-refractivity contribution in [2.45, 2.75) is 39.7 Å². The molecule has 1 fully saturated rings. The second kappa shape index (κ2) is 6.02. The number of carboxylic acid groups (broad SMARTS) is 1. The SMILES string of the molecule is CC1CC(C)(C)CC1N(CCN(C)C)CC(=O)O. The van der Waals surface area contributed by atoms with Crippen molar-refractivity contribution >= 4 is 5.97 Å². The van der Waals surface area contributed by atoms with Crippen molar-refractivity contribution < 1.29 is 9.90 Å². The minimum Gasteiger partial charge on any atom is -0.480 e. The third-order valence-corrected chi connectivity index (χ3v) is 3.93. The van der Waals surface area contributed by atoms with E-state index in [1.165, 1.54) is 6.42 Å². The van der Waals surface area contributed by atoms with E-state index in [1.54, 1.807) is 0 Å². The van der Waals surface area contributed by atoms with E-state index in [0.717, 1.165) is 19.5 Å². The van der Waals surface area contributed by atoms with Crippen molar-refractivity contribution in [2.24, 2.45) is 11.3 Å². The number of likely N-dealkylation sites (N-methyl/N-ethyl adjacent to an activating group) is 1. The fourth-order valence-electron chi connectivity index (χ4n) is 3.21. The number of hydrogen-bond acceptors (Lipinski definition) is 3. The first-order chi connectivity index (χ1) is 8.21. The highest BCUT2D eigenvalue weighted by molar-refractivity contribution is 5.69. The Hall–Kier alpha value is -0.610. The van der Waals surface area contributed by atoms with E-state index >= 15 is 0 Å². The van der Waals surface area contributed by atoms with Crippen LogP contribution in [0.15, 0.2) is 0 Å². The van der Waals surface area contributed by atoms with Gasteiger partial charge in [0.05, 0.1) is 6.54 Å². The average Bonchev–Trinajstić information content (AvgIpc) is 2.46. The van der Waals surface area contributed by atoms with Crippen LogP contribution in [0.25, 0.3) is 0 Å². The van der Waals surface area contributed by atoms with Crippen molar-refractivity contribution in [2.75, 3.05) is 33.7 Å². The lowest BCUT2D eigenvalue weighted by molar-refractivity contribution is -0.139. The van der Waals surface area contributed by atoms with Gasteiger partial charge in [-0.3, -0.25) is 9.69 Å². The predicted octanol–water partition coefficient (Wildman–Crippen LogP) is 1.76. The topological polar surface area (TPSA) is 43.8 Å². The lowest BCUT2D eigenvalue weighted by atomic mass is 9.91. The molecule has 0 aliphatic heterocycles. The predicted molar refractivity (Wildman–Crippen MR) is 73.7 cm³/mol. The van der Waals surface area contributed by atoms with E-state index in [1.807, 2.05) is 14.1 Å². The van der Waals surface area contributed by atoms with E-state index in [9.17, 15) is 4.79 Å². The van der Waals surface area contributed by atoms with Crippen LogP contribution in [0.1, 0.15) is 33.6 Å². The molecular weight excluding hydrogens is 228 g/mol. The van der Waals surface area contributed by atoms with Crippen LogP contribution >= 0.6 is 0 Å². The van der Waals surface area contributed by atoms with Gasteiger partial charge in [-0.2, -0.15) is 0 Å². The Morgan fingerprint density at radius 3 is 2.28 bits per heavy atom. The quantitative estimate of drug-likeness (QED) is 0.786. The van der Waals surface area contributed by atoms with Gasteiger partial charge in [0.25, 0.3) is 0 Å². The molecule has 0 aromatic carbocycles. The molecule has 1 aliphatic carbocycles. The molecule has 0 aromatic rings. The fourth-order valence-corrected chi connectivity index (χ4v) is 3.21. The minimum atomic E-state index is -0.717. The van der Waals surface area contributed by atoms with Crippen LogP contribution in [-0.4, -0.2) is 60.6 Å². The van der Waals surface area contributed by atoms with Crippen LogP contribution in [0.4, 0.5) is 0 Å². The van der Waals surface area contributed by atoms with E-state index < -0.39 is 5.97 Å². The second-order valence-electron chi connectivity index (χ2n) is 6.78. The molecule has 1 rings (SSSR count). The van der Waals surface area contributed by atoms with Gasteiger partial charge in [-0.05, 0) is 38.3 Å². The third kappa shape index (κ3) is 4.58. The molecule has 2 unspecified atom stereocenters. The Bertz CT molecular complexity index is 290. The van der Waals surface area contributed by atoms with Crippen molar-refractivity contribution in [3.05, 3.63) is 0 Å². The first kappa shape index (κ1) is 15.4. The molecular formula is C14H28N2O2. The van der Waals surface area contributed by atoms with Crippen LogP contribution in [0.5, 0.6) is 0 Å². The molecule has 106 valence electrons. The van der Waals surface area contributed by atoms with Crippen molar-refractivity contribution in [3.8, 4) is 0 Å². The molecule has 4 heteroatoms. The molecule has 0 bridgehead atoms. The minimum absolute atomic E-state index is 0.166. The summed E-state index contributed by atoms with van der Waals surface area (Å²) in [6.07, 6.45) is 2.30. The standard InChI is InChI=1S/C14H28N2O2/c1-11-8-14(2,3)9-12(11)16(10-13(17)18)7-6-15(4)5/h11-12H,6-10H2,1-5H3,(H,17,18).